The molecule has 0 aliphatic carbocycles. The number of benzene rings is 1. The molecule has 9 nitrogen and oxygen atoms in total. The van der Waals surface area contributed by atoms with E-state index < -0.39 is 63.5 Å². The Labute approximate surface area is 203 Å². The van der Waals surface area contributed by atoms with Gasteiger partial charge in [0.25, 0.3) is 10.1 Å². The Kier molecular flexibility index (Phi) is 10.5. The molecule has 35 heavy (non-hydrogen) atoms. The first-order chi connectivity index (χ1) is 16.1. The van der Waals surface area contributed by atoms with Gasteiger partial charge in [0.05, 0.1) is 48.4 Å². The van der Waals surface area contributed by atoms with Crippen molar-refractivity contribution in [2.24, 2.45) is 0 Å². The fourth-order valence-corrected chi connectivity index (χ4v) is 3.72. The van der Waals surface area contributed by atoms with E-state index in [0.29, 0.717) is 0 Å². The maximum atomic E-state index is 12.8. The van der Waals surface area contributed by atoms with Crippen LogP contribution in [0.15, 0.2) is 0 Å². The van der Waals surface area contributed by atoms with E-state index in [1.807, 2.05) is 0 Å². The molecular formula is C18H13B4F3O9S. The number of aromatic carboxylic acids is 1. The van der Waals surface area contributed by atoms with Crippen LogP contribution in [0.5, 0.6) is 0 Å². The number of carbonyl (C=O) groups excluding carboxylic acids is 2. The quantitative estimate of drug-likeness (QED) is 0.197. The van der Waals surface area contributed by atoms with Crippen molar-refractivity contribution in [2.45, 2.75) is 37.6 Å². The number of rotatable bonds is 9. The summed E-state index contributed by atoms with van der Waals surface area (Å²) in [7, 11) is 17.5. The third-order valence-corrected chi connectivity index (χ3v) is 5.18. The molecule has 2 N–H and O–H groups in total. The van der Waals surface area contributed by atoms with Gasteiger partial charge in [-0.3, -0.25) is 4.55 Å². The van der Waals surface area contributed by atoms with Crippen LogP contribution >= 0.6 is 0 Å². The number of ether oxygens (including phenoxy) is 2. The highest BCUT2D eigenvalue weighted by Crippen LogP contribution is 2.30. The van der Waals surface area contributed by atoms with Gasteiger partial charge >= 0.3 is 24.1 Å². The van der Waals surface area contributed by atoms with E-state index in [9.17, 15) is 41.1 Å². The van der Waals surface area contributed by atoms with Gasteiger partial charge in [-0.05, 0) is 11.1 Å². The normalized spacial score (nSPS) is 12.2. The highest BCUT2D eigenvalue weighted by molar-refractivity contribution is 7.85. The van der Waals surface area contributed by atoms with Gasteiger partial charge in [-0.25, -0.2) is 14.4 Å². The Morgan fingerprint density at radius 2 is 1.37 bits per heavy atom. The maximum absolute atomic E-state index is 12.8. The van der Waals surface area contributed by atoms with Crippen molar-refractivity contribution < 1.29 is 55.1 Å². The molecule has 0 aliphatic rings. The smallest absolute Gasteiger partial charge is 0.426 e. The first-order valence-electron chi connectivity index (χ1n) is 9.30. The number of hydrogen-bond donors (Lipinski definition) is 2. The summed E-state index contributed by atoms with van der Waals surface area (Å²) in [5, 5.41) is 9.65. The first kappa shape index (κ1) is 30.2. The van der Waals surface area contributed by atoms with Gasteiger partial charge in [-0.1, -0.05) is 36.4 Å². The zero-order chi connectivity index (χ0) is 27.1. The number of carboxylic acid groups (broad SMARTS) is 1. The number of halogens is 3. The number of carbonyl (C=O) groups is 3. The van der Waals surface area contributed by atoms with Crippen LogP contribution in [0, 0.1) is 12.0 Å². The summed E-state index contributed by atoms with van der Waals surface area (Å²) >= 11 is 0. The number of alkyl halides is 3. The summed E-state index contributed by atoms with van der Waals surface area (Å²) in [5.74, 6) is -5.68. The molecule has 0 spiro atoms. The molecule has 1 aromatic rings. The van der Waals surface area contributed by atoms with Crippen LogP contribution in [0.4, 0.5) is 13.2 Å². The van der Waals surface area contributed by atoms with Gasteiger partial charge in [-0.2, -0.15) is 21.6 Å². The van der Waals surface area contributed by atoms with Crippen LogP contribution in [0.1, 0.15) is 43.0 Å². The van der Waals surface area contributed by atoms with E-state index in [-0.39, 0.29) is 41.2 Å². The molecule has 0 saturated heterocycles. The predicted molar refractivity (Wildman–Crippen MR) is 117 cm³/mol. The van der Waals surface area contributed by atoms with Gasteiger partial charge < -0.3 is 14.6 Å². The van der Waals surface area contributed by atoms with Crippen molar-refractivity contribution in [3.8, 4) is 12.0 Å². The summed E-state index contributed by atoms with van der Waals surface area (Å²) in [5.41, 5.74) is -0.878. The molecular weight excluding hydrogens is 492 g/mol. The molecule has 0 bridgehead atoms. The minimum atomic E-state index is -5.38. The van der Waals surface area contributed by atoms with Crippen LogP contribution in [0.25, 0.3) is 0 Å². The standard InChI is InChI=1S/C18H13B4F3O9S/c19-3-8-9(4-20)11(6-22)15(14(16(27)28)10(8)5-21)17(29)33-2-1-13(26)34-12(18(23,24)25)7-35(30,31)32/h12H,3-7H2,(H,27,28)(H,30,31,32). The molecule has 17 heteroatoms. The fourth-order valence-electron chi connectivity index (χ4n) is 3.08. The minimum Gasteiger partial charge on any atom is -0.478 e. The Balaban J connectivity index is 3.39. The topological polar surface area (TPSA) is 144 Å². The second-order valence-electron chi connectivity index (χ2n) is 6.59. The van der Waals surface area contributed by atoms with Gasteiger partial charge in [0.1, 0.15) is 11.9 Å². The summed E-state index contributed by atoms with van der Waals surface area (Å²) in [6, 6.07) is 0. The lowest BCUT2D eigenvalue weighted by Crippen LogP contribution is -2.39. The molecule has 0 aromatic heterocycles. The zero-order valence-corrected chi connectivity index (χ0v) is 18.5. The van der Waals surface area contributed by atoms with E-state index >= 15 is 0 Å². The average Bonchev–Trinajstić information content (AvgIpc) is 2.74. The molecule has 0 fully saturated rings. The Morgan fingerprint density at radius 3 is 1.74 bits per heavy atom. The second kappa shape index (κ2) is 12.2. The summed E-state index contributed by atoms with van der Waals surface area (Å²) in [6.45, 7) is 0. The lowest BCUT2D eigenvalue weighted by atomic mass is 9.72. The lowest BCUT2D eigenvalue weighted by Gasteiger charge is -2.22. The summed E-state index contributed by atoms with van der Waals surface area (Å²) in [4.78, 5) is 36.1. The molecule has 8 radical (unpaired) electrons. The van der Waals surface area contributed by atoms with Crippen molar-refractivity contribution >= 4 is 59.4 Å². The van der Waals surface area contributed by atoms with Crippen molar-refractivity contribution in [3.05, 3.63) is 33.4 Å². The second-order valence-corrected chi connectivity index (χ2v) is 8.08. The van der Waals surface area contributed by atoms with Crippen LogP contribution in [-0.2, 0) is 49.7 Å². The lowest BCUT2D eigenvalue weighted by molar-refractivity contribution is -0.211. The van der Waals surface area contributed by atoms with E-state index in [2.05, 4.69) is 9.47 Å². The minimum absolute atomic E-state index is 0.0461. The summed E-state index contributed by atoms with van der Waals surface area (Å²) in [6.07, 6.45) is -8.40. The van der Waals surface area contributed by atoms with Gasteiger partial charge in [0.15, 0.2) is 0 Å². The molecule has 1 atom stereocenters. The van der Waals surface area contributed by atoms with Gasteiger partial charge in [0.2, 0.25) is 6.10 Å². The zero-order valence-electron chi connectivity index (χ0n) is 17.7. The average molecular weight is 506 g/mol. The van der Waals surface area contributed by atoms with Gasteiger partial charge in [-0.15, -0.1) is 0 Å². The number of hydrogen-bond acceptors (Lipinski definition) is 7. The van der Waals surface area contributed by atoms with Crippen LogP contribution in [0.3, 0.4) is 0 Å². The largest absolute Gasteiger partial charge is 0.478 e. The number of esters is 2. The Morgan fingerprint density at radius 1 is 0.914 bits per heavy atom. The predicted octanol–water partition coefficient (Wildman–Crippen LogP) is -0.462. The molecule has 1 unspecified atom stereocenters. The highest BCUT2D eigenvalue weighted by Gasteiger charge is 2.45. The third-order valence-electron chi connectivity index (χ3n) is 4.45. The third kappa shape index (κ3) is 7.83. The first-order valence-corrected chi connectivity index (χ1v) is 10.9. The molecule has 178 valence electrons. The van der Waals surface area contributed by atoms with Crippen LogP contribution in [0.2, 0.25) is 0 Å². The maximum Gasteiger partial charge on any atom is 0.426 e. The van der Waals surface area contributed by atoms with E-state index in [1.54, 1.807) is 0 Å². The molecule has 0 heterocycles. The van der Waals surface area contributed by atoms with Crippen LogP contribution in [-0.4, -0.2) is 85.4 Å². The molecule has 0 amide bonds. The SMILES string of the molecule is [B]Cc1c(C[B])c(C[B])c(C(=O)OC#CC(=O)OC(CS(=O)(=O)O)C(F)(F)F)c(C(=O)O)c1C[B]. The van der Waals surface area contributed by atoms with Crippen molar-refractivity contribution in [1.29, 1.82) is 0 Å². The Bertz CT molecular complexity index is 1170. The van der Waals surface area contributed by atoms with E-state index in [4.69, 9.17) is 35.9 Å². The monoisotopic (exact) mass is 506 g/mol. The fraction of sp³-hybridized carbons (Fsp3) is 0.389. The van der Waals surface area contributed by atoms with E-state index in [1.165, 1.54) is 12.0 Å². The van der Waals surface area contributed by atoms with Crippen molar-refractivity contribution in [3.63, 3.8) is 0 Å². The molecule has 0 aliphatic heterocycles. The molecule has 1 rings (SSSR count). The van der Waals surface area contributed by atoms with Crippen molar-refractivity contribution in [2.75, 3.05) is 5.75 Å². The van der Waals surface area contributed by atoms with Crippen LogP contribution < -0.4 is 0 Å². The van der Waals surface area contributed by atoms with Crippen molar-refractivity contribution in [1.82, 2.24) is 0 Å². The van der Waals surface area contributed by atoms with E-state index in [0.717, 1.165) is 0 Å². The van der Waals surface area contributed by atoms with Gasteiger partial charge in [0, 0.05) is 0 Å². The number of carboxylic acids is 1. The molecule has 0 saturated carbocycles. The highest BCUT2D eigenvalue weighted by atomic mass is 32.2. The summed E-state index contributed by atoms with van der Waals surface area (Å²) < 4.78 is 76.8. The molecule has 1 aromatic carbocycles. The Hall–Kier alpha value is -2.85.